The maximum atomic E-state index is 10.5. The van der Waals surface area contributed by atoms with Crippen molar-refractivity contribution in [3.63, 3.8) is 0 Å². The van der Waals surface area contributed by atoms with Crippen LogP contribution in [0.2, 0.25) is 0 Å². The number of hydrogen-bond donors (Lipinski definition) is 0. The molecule has 1 saturated heterocycles. The van der Waals surface area contributed by atoms with Crippen LogP contribution in [0.1, 0.15) is 13.8 Å². The third kappa shape index (κ3) is 2.74. The summed E-state index contributed by atoms with van der Waals surface area (Å²) >= 11 is 0. The Kier molecular flexibility index (Phi) is 4.66. The fraction of sp³-hybridized carbons (Fsp3) is 1.00. The predicted molar refractivity (Wildman–Crippen MR) is 32.5 cm³/mol. The van der Waals surface area contributed by atoms with Crippen LogP contribution in [-0.4, -0.2) is 18.2 Å². The first-order chi connectivity index (χ1) is 4.54. The van der Waals surface area contributed by atoms with Gasteiger partial charge in [0.1, 0.15) is 0 Å². The van der Waals surface area contributed by atoms with Crippen molar-refractivity contribution in [2.75, 3.05) is 6.61 Å². The molecule has 0 spiro atoms. The normalized spacial score (nSPS) is 38.1. The number of rotatable bonds is 1. The number of hydrogen-bond acceptors (Lipinski definition) is 4. The molecular formula is C5H9NaO4P+. The van der Waals surface area contributed by atoms with Crippen molar-refractivity contribution in [2.45, 2.75) is 25.5 Å². The van der Waals surface area contributed by atoms with Gasteiger partial charge in [0.05, 0.1) is 12.7 Å². The maximum Gasteiger partial charge on any atom is 1.00 e. The third-order valence-electron chi connectivity index (χ3n) is 1.34. The topological polar surface area (TPSA) is 58.6 Å². The van der Waals surface area contributed by atoms with Crippen LogP contribution in [0.5, 0.6) is 0 Å². The van der Waals surface area contributed by atoms with Gasteiger partial charge in [-0.15, -0.1) is 0 Å². The van der Waals surface area contributed by atoms with Gasteiger partial charge in [0.15, 0.2) is 0 Å². The Morgan fingerprint density at radius 3 is 2.45 bits per heavy atom. The van der Waals surface area contributed by atoms with E-state index in [-0.39, 0.29) is 35.7 Å². The van der Waals surface area contributed by atoms with Gasteiger partial charge in [-0.1, -0.05) is 4.57 Å². The van der Waals surface area contributed by atoms with Crippen molar-refractivity contribution < 1.29 is 48.5 Å². The average Bonchev–Trinajstić information content (AvgIpc) is 2.13. The standard InChI is InChI=1S/C5H9O4P.Na/c1-4-3-8-5(2,9-4)10(6)7;/h4H,3H2,1-2H3;/q;+1. The average molecular weight is 187 g/mol. The zero-order valence-corrected chi connectivity index (χ0v) is 9.76. The summed E-state index contributed by atoms with van der Waals surface area (Å²) in [5.41, 5.74) is -1.38. The van der Waals surface area contributed by atoms with Crippen molar-refractivity contribution in [3.8, 4) is 0 Å². The Balaban J connectivity index is 0.000001000. The summed E-state index contributed by atoms with van der Waals surface area (Å²) < 4.78 is 20.3. The molecule has 1 fully saturated rings. The van der Waals surface area contributed by atoms with Crippen molar-refractivity contribution >= 4 is 8.03 Å². The molecule has 6 heteroatoms. The van der Waals surface area contributed by atoms with Crippen LogP contribution in [0, 0.1) is 0 Å². The van der Waals surface area contributed by atoms with Gasteiger partial charge in [0.25, 0.3) is 0 Å². The molecule has 58 valence electrons. The molecule has 1 aliphatic heterocycles. The van der Waals surface area contributed by atoms with Gasteiger partial charge in [-0.2, -0.15) is 0 Å². The van der Waals surface area contributed by atoms with E-state index in [0.29, 0.717) is 6.61 Å². The number of ether oxygens (including phenoxy) is 2. The molecule has 4 nitrogen and oxygen atoms in total. The van der Waals surface area contributed by atoms with Crippen molar-refractivity contribution in [1.82, 2.24) is 0 Å². The van der Waals surface area contributed by atoms with Gasteiger partial charge in [0.2, 0.25) is 0 Å². The zero-order valence-electron chi connectivity index (χ0n) is 6.86. The fourth-order valence-electron chi connectivity index (χ4n) is 0.809. The zero-order chi connectivity index (χ0) is 7.78. The summed E-state index contributed by atoms with van der Waals surface area (Å²) in [4.78, 5) is 10.5. The quantitative estimate of drug-likeness (QED) is 0.328. The summed E-state index contributed by atoms with van der Waals surface area (Å²) in [6.45, 7) is 3.52. The van der Waals surface area contributed by atoms with Gasteiger partial charge in [-0.05, 0) is 6.92 Å². The van der Waals surface area contributed by atoms with E-state index in [0.717, 1.165) is 0 Å². The van der Waals surface area contributed by atoms with E-state index >= 15 is 0 Å². The molecule has 0 N–H and O–H groups in total. The van der Waals surface area contributed by atoms with E-state index in [4.69, 9.17) is 9.47 Å². The molecule has 0 bridgehead atoms. The molecule has 0 aromatic rings. The van der Waals surface area contributed by atoms with E-state index in [1.54, 1.807) is 6.92 Å². The molecule has 1 heterocycles. The van der Waals surface area contributed by atoms with E-state index in [1.807, 2.05) is 0 Å². The SMILES string of the molecule is CC1COC(C)([P+](=O)[O-])O1.[Na+]. The third-order valence-corrected chi connectivity index (χ3v) is 2.24. The Hall–Kier alpha value is 0.980. The van der Waals surface area contributed by atoms with E-state index in [2.05, 4.69) is 0 Å². The van der Waals surface area contributed by atoms with Crippen LogP contribution in [-0.2, 0) is 14.0 Å². The molecule has 0 aromatic heterocycles. The molecule has 0 aliphatic carbocycles. The minimum atomic E-state index is -2.65. The molecule has 3 atom stereocenters. The van der Waals surface area contributed by atoms with E-state index in [9.17, 15) is 9.46 Å². The molecule has 0 radical (unpaired) electrons. The van der Waals surface area contributed by atoms with Gasteiger partial charge in [-0.3, -0.25) is 0 Å². The first-order valence-electron chi connectivity index (χ1n) is 3.01. The Morgan fingerprint density at radius 2 is 2.27 bits per heavy atom. The molecule has 0 amide bonds. The Bertz CT molecular complexity index is 165. The maximum absolute atomic E-state index is 10.5. The summed E-state index contributed by atoms with van der Waals surface area (Å²) in [6, 6.07) is 0. The van der Waals surface area contributed by atoms with Crippen LogP contribution in [0.25, 0.3) is 0 Å². The molecule has 3 unspecified atom stereocenters. The molecule has 1 rings (SSSR count). The molecule has 0 aromatic carbocycles. The van der Waals surface area contributed by atoms with Crippen molar-refractivity contribution in [1.29, 1.82) is 0 Å². The van der Waals surface area contributed by atoms with Crippen LogP contribution < -0.4 is 34.5 Å². The first-order valence-corrected chi connectivity index (χ1v) is 4.18. The molecular weight excluding hydrogens is 178 g/mol. The Morgan fingerprint density at radius 1 is 1.73 bits per heavy atom. The summed E-state index contributed by atoms with van der Waals surface area (Å²) in [7, 11) is -2.65. The van der Waals surface area contributed by atoms with Gasteiger partial charge in [-0.25, -0.2) is 0 Å². The second kappa shape index (κ2) is 4.28. The fourth-order valence-corrected chi connectivity index (χ4v) is 1.26. The van der Waals surface area contributed by atoms with Gasteiger partial charge in [0, 0.05) is 6.92 Å². The van der Waals surface area contributed by atoms with Crippen molar-refractivity contribution in [2.24, 2.45) is 0 Å². The summed E-state index contributed by atoms with van der Waals surface area (Å²) in [6.07, 6.45) is -0.127. The Labute approximate surface area is 88.4 Å². The summed E-state index contributed by atoms with van der Waals surface area (Å²) in [5.74, 6) is 0. The van der Waals surface area contributed by atoms with Gasteiger partial charge >= 0.3 is 43.1 Å². The summed E-state index contributed by atoms with van der Waals surface area (Å²) in [5, 5.41) is 0. The minimum Gasteiger partial charge on any atom is -0.591 e. The van der Waals surface area contributed by atoms with Crippen LogP contribution >= 0.6 is 8.03 Å². The van der Waals surface area contributed by atoms with Gasteiger partial charge < -0.3 is 14.4 Å². The van der Waals surface area contributed by atoms with E-state index < -0.39 is 13.6 Å². The second-order valence-electron chi connectivity index (χ2n) is 2.39. The van der Waals surface area contributed by atoms with E-state index in [1.165, 1.54) is 6.92 Å². The second-order valence-corrected chi connectivity index (χ2v) is 3.72. The molecule has 11 heavy (non-hydrogen) atoms. The first kappa shape index (κ1) is 12.0. The monoisotopic (exact) mass is 187 g/mol. The predicted octanol–water partition coefficient (Wildman–Crippen LogP) is -2.80. The minimum absolute atomic E-state index is 0. The van der Waals surface area contributed by atoms with Crippen LogP contribution in [0.15, 0.2) is 0 Å². The van der Waals surface area contributed by atoms with Crippen LogP contribution in [0.3, 0.4) is 0 Å². The molecule has 1 aliphatic rings. The molecule has 0 saturated carbocycles. The smallest absolute Gasteiger partial charge is 0.591 e. The largest absolute Gasteiger partial charge is 1.00 e. The van der Waals surface area contributed by atoms with Crippen LogP contribution in [0.4, 0.5) is 0 Å². The van der Waals surface area contributed by atoms with Crippen molar-refractivity contribution in [3.05, 3.63) is 0 Å².